The highest BCUT2D eigenvalue weighted by Gasteiger charge is 1.92. The van der Waals surface area contributed by atoms with Crippen molar-refractivity contribution in [3.05, 3.63) is 35.9 Å². The summed E-state index contributed by atoms with van der Waals surface area (Å²) in [5.41, 5.74) is 0.557. The highest BCUT2D eigenvalue weighted by atomic mass is 19.1. The van der Waals surface area contributed by atoms with Crippen molar-refractivity contribution in [3.63, 3.8) is 0 Å². The maximum Gasteiger partial charge on any atom is 0.307 e. The fraction of sp³-hybridized carbons (Fsp3) is 0.111. The van der Waals surface area contributed by atoms with Crippen molar-refractivity contribution < 1.29 is 14.3 Å². The van der Waals surface area contributed by atoms with Gasteiger partial charge in [-0.1, -0.05) is 12.2 Å². The van der Waals surface area contributed by atoms with Crippen LogP contribution in [0.3, 0.4) is 0 Å². The van der Waals surface area contributed by atoms with Crippen LogP contribution >= 0.6 is 0 Å². The molecule has 1 aromatic rings. The van der Waals surface area contributed by atoms with Gasteiger partial charge in [-0.05, 0) is 11.6 Å². The summed E-state index contributed by atoms with van der Waals surface area (Å²) in [5.74, 6) is -1.35. The molecule has 0 saturated carbocycles. The number of carbonyl (C=O) groups is 1. The van der Waals surface area contributed by atoms with E-state index in [1.54, 1.807) is 0 Å². The summed E-state index contributed by atoms with van der Waals surface area (Å²) in [5, 5.41) is 8.31. The molecule has 1 aromatic heterocycles. The summed E-state index contributed by atoms with van der Waals surface area (Å²) in [6.45, 7) is 0. The molecule has 4 heteroatoms. The van der Waals surface area contributed by atoms with E-state index in [9.17, 15) is 9.18 Å². The zero-order chi connectivity index (χ0) is 9.68. The molecule has 0 atom stereocenters. The number of aromatic nitrogens is 1. The molecule has 0 aromatic carbocycles. The number of hydrogen-bond donors (Lipinski definition) is 1. The molecule has 0 spiro atoms. The number of hydrogen-bond acceptors (Lipinski definition) is 2. The molecular weight excluding hydrogens is 173 g/mol. The Morgan fingerprint density at radius 1 is 1.62 bits per heavy atom. The summed E-state index contributed by atoms with van der Waals surface area (Å²) in [7, 11) is 0. The fourth-order valence-electron chi connectivity index (χ4n) is 0.815. The maximum absolute atomic E-state index is 12.5. The largest absolute Gasteiger partial charge is 0.481 e. The van der Waals surface area contributed by atoms with Gasteiger partial charge in [0.1, 0.15) is 5.82 Å². The molecule has 0 saturated heterocycles. The Morgan fingerprint density at radius 3 is 3.00 bits per heavy atom. The normalized spacial score (nSPS) is 10.5. The number of rotatable bonds is 3. The van der Waals surface area contributed by atoms with Gasteiger partial charge in [0.2, 0.25) is 0 Å². The summed E-state index contributed by atoms with van der Waals surface area (Å²) >= 11 is 0. The summed E-state index contributed by atoms with van der Waals surface area (Å²) in [4.78, 5) is 13.7. The van der Waals surface area contributed by atoms with Crippen molar-refractivity contribution in [2.24, 2.45) is 0 Å². The lowest BCUT2D eigenvalue weighted by atomic mass is 10.2. The van der Waals surface area contributed by atoms with Crippen LogP contribution in [0.25, 0.3) is 6.08 Å². The minimum absolute atomic E-state index is 0.0729. The Labute approximate surface area is 74.5 Å². The lowest BCUT2D eigenvalue weighted by Gasteiger charge is -1.91. The van der Waals surface area contributed by atoms with Crippen LogP contribution in [0.5, 0.6) is 0 Å². The third-order valence-electron chi connectivity index (χ3n) is 1.33. The predicted octanol–water partition coefficient (Wildman–Crippen LogP) is 1.71. The van der Waals surface area contributed by atoms with Crippen molar-refractivity contribution in [2.75, 3.05) is 0 Å². The van der Waals surface area contributed by atoms with Crippen LogP contribution in [0.2, 0.25) is 0 Å². The predicted molar refractivity (Wildman–Crippen MR) is 45.5 cm³/mol. The molecule has 0 unspecified atom stereocenters. The Bertz CT molecular complexity index is 336. The molecule has 1 rings (SSSR count). The van der Waals surface area contributed by atoms with Gasteiger partial charge in [-0.15, -0.1) is 0 Å². The number of nitrogens with zero attached hydrogens (tertiary/aromatic N) is 1. The van der Waals surface area contributed by atoms with Crippen LogP contribution in [-0.4, -0.2) is 16.1 Å². The first kappa shape index (κ1) is 9.38. The zero-order valence-corrected chi connectivity index (χ0v) is 6.77. The van der Waals surface area contributed by atoms with Gasteiger partial charge in [-0.3, -0.25) is 9.78 Å². The van der Waals surface area contributed by atoms with Crippen LogP contribution in [0.15, 0.2) is 24.5 Å². The average molecular weight is 181 g/mol. The minimum Gasteiger partial charge on any atom is -0.481 e. The first-order chi connectivity index (χ1) is 6.18. The third kappa shape index (κ3) is 3.46. The number of carboxylic acid groups (broad SMARTS) is 1. The second-order valence-electron chi connectivity index (χ2n) is 2.44. The molecule has 1 N–H and O–H groups in total. The molecule has 1 heterocycles. The Kier molecular flexibility index (Phi) is 3.14. The molecule has 68 valence electrons. The quantitative estimate of drug-likeness (QED) is 0.772. The van der Waals surface area contributed by atoms with Gasteiger partial charge in [0.15, 0.2) is 0 Å². The van der Waals surface area contributed by atoms with Gasteiger partial charge in [-0.25, -0.2) is 4.39 Å². The standard InChI is InChI=1S/C9H8FNO2/c10-8-4-7(5-11-6-8)2-1-3-9(12)13/h1-2,4-6H,3H2,(H,12,13). The molecule has 0 radical (unpaired) electrons. The molecule has 0 bridgehead atoms. The van der Waals surface area contributed by atoms with Crippen LogP contribution in [-0.2, 0) is 4.79 Å². The van der Waals surface area contributed by atoms with Gasteiger partial charge >= 0.3 is 5.97 Å². The van der Waals surface area contributed by atoms with E-state index in [1.807, 2.05) is 0 Å². The van der Waals surface area contributed by atoms with E-state index in [0.29, 0.717) is 5.56 Å². The van der Waals surface area contributed by atoms with Crippen molar-refractivity contribution in [3.8, 4) is 0 Å². The van der Waals surface area contributed by atoms with Crippen LogP contribution in [0.4, 0.5) is 4.39 Å². The minimum atomic E-state index is -0.916. The van der Waals surface area contributed by atoms with Gasteiger partial charge in [0, 0.05) is 6.20 Å². The molecule has 0 amide bonds. The second kappa shape index (κ2) is 4.35. The Balaban J connectivity index is 2.63. The SMILES string of the molecule is O=C(O)CC=Cc1cncc(F)c1. The van der Waals surface area contributed by atoms with E-state index in [0.717, 1.165) is 6.20 Å². The van der Waals surface area contributed by atoms with Crippen molar-refractivity contribution in [1.29, 1.82) is 0 Å². The van der Waals surface area contributed by atoms with Gasteiger partial charge in [-0.2, -0.15) is 0 Å². The van der Waals surface area contributed by atoms with Crippen molar-refractivity contribution in [2.45, 2.75) is 6.42 Å². The molecule has 3 nitrogen and oxygen atoms in total. The second-order valence-corrected chi connectivity index (χ2v) is 2.44. The highest BCUT2D eigenvalue weighted by Crippen LogP contribution is 2.03. The molecule has 0 aliphatic rings. The van der Waals surface area contributed by atoms with E-state index in [4.69, 9.17) is 5.11 Å². The fourth-order valence-corrected chi connectivity index (χ4v) is 0.815. The lowest BCUT2D eigenvalue weighted by Crippen LogP contribution is -1.89. The average Bonchev–Trinajstić information content (AvgIpc) is 2.03. The third-order valence-corrected chi connectivity index (χ3v) is 1.33. The van der Waals surface area contributed by atoms with Gasteiger partial charge in [0.25, 0.3) is 0 Å². The van der Waals surface area contributed by atoms with Crippen LogP contribution in [0, 0.1) is 5.82 Å². The number of carboxylic acids is 1. The summed E-state index contributed by atoms with van der Waals surface area (Å²) in [6, 6.07) is 1.28. The molecular formula is C9H8FNO2. The molecule has 0 aliphatic carbocycles. The number of aliphatic carboxylic acids is 1. The monoisotopic (exact) mass is 181 g/mol. The molecule has 0 fully saturated rings. The van der Waals surface area contributed by atoms with Crippen LogP contribution in [0.1, 0.15) is 12.0 Å². The zero-order valence-electron chi connectivity index (χ0n) is 6.77. The van der Waals surface area contributed by atoms with E-state index in [1.165, 1.54) is 24.4 Å². The van der Waals surface area contributed by atoms with E-state index in [-0.39, 0.29) is 6.42 Å². The molecule has 0 aliphatic heterocycles. The first-order valence-electron chi connectivity index (χ1n) is 3.67. The lowest BCUT2D eigenvalue weighted by molar-refractivity contribution is -0.135. The van der Waals surface area contributed by atoms with E-state index < -0.39 is 11.8 Å². The van der Waals surface area contributed by atoms with Gasteiger partial charge < -0.3 is 5.11 Å². The molecule has 13 heavy (non-hydrogen) atoms. The van der Waals surface area contributed by atoms with E-state index >= 15 is 0 Å². The number of halogens is 1. The smallest absolute Gasteiger partial charge is 0.307 e. The summed E-state index contributed by atoms with van der Waals surface area (Å²) < 4.78 is 12.5. The first-order valence-corrected chi connectivity index (χ1v) is 3.67. The Morgan fingerprint density at radius 2 is 2.38 bits per heavy atom. The van der Waals surface area contributed by atoms with Gasteiger partial charge in [0.05, 0.1) is 12.6 Å². The highest BCUT2D eigenvalue weighted by molar-refractivity contribution is 5.70. The van der Waals surface area contributed by atoms with Crippen molar-refractivity contribution in [1.82, 2.24) is 4.98 Å². The number of pyridine rings is 1. The Hall–Kier alpha value is -1.71. The van der Waals surface area contributed by atoms with Crippen LogP contribution < -0.4 is 0 Å². The topological polar surface area (TPSA) is 50.2 Å². The maximum atomic E-state index is 12.5. The van der Waals surface area contributed by atoms with E-state index in [2.05, 4.69) is 4.98 Å². The van der Waals surface area contributed by atoms with Crippen molar-refractivity contribution >= 4 is 12.0 Å². The summed E-state index contributed by atoms with van der Waals surface area (Å²) in [6.07, 6.45) is 5.44.